The lowest BCUT2D eigenvalue weighted by Crippen LogP contribution is -2.49. The highest BCUT2D eigenvalue weighted by Gasteiger charge is 2.22. The number of benzene rings is 2. The maximum Gasteiger partial charge on any atom is 0.253 e. The molecule has 150 valence electrons. The summed E-state index contributed by atoms with van der Waals surface area (Å²) in [5, 5.41) is 0. The van der Waals surface area contributed by atoms with Gasteiger partial charge in [0.25, 0.3) is 5.91 Å². The summed E-state index contributed by atoms with van der Waals surface area (Å²) in [4.78, 5) is 17.0. The number of ether oxygens (including phenoxy) is 3. The van der Waals surface area contributed by atoms with Crippen LogP contribution < -0.4 is 14.2 Å². The molecule has 2 aromatic carbocycles. The minimum atomic E-state index is 0.0854. The lowest BCUT2D eigenvalue weighted by molar-refractivity contribution is 0.0638. The van der Waals surface area contributed by atoms with Gasteiger partial charge in [-0.1, -0.05) is 6.07 Å². The number of nitrogens with zero attached hydrogens (tertiary/aromatic N) is 2. The van der Waals surface area contributed by atoms with Crippen LogP contribution in [0.1, 0.15) is 15.9 Å². The third-order valence-corrected chi connectivity index (χ3v) is 5.16. The molecule has 0 aromatic heterocycles. The number of piperazine rings is 1. The molecule has 28 heavy (non-hydrogen) atoms. The summed E-state index contributed by atoms with van der Waals surface area (Å²) in [5.74, 6) is 2.35. The monoisotopic (exact) mass is 384 g/mol. The van der Waals surface area contributed by atoms with Crippen LogP contribution >= 0.6 is 0 Å². The van der Waals surface area contributed by atoms with Crippen LogP contribution in [-0.2, 0) is 6.42 Å². The third-order valence-electron chi connectivity index (χ3n) is 5.16. The standard InChI is InChI=1S/C22H28N2O4/c1-26-19-7-5-18(6-8-19)22(25)24-14-12-23(13-15-24)11-10-17-4-9-20(27-2)21(16-17)28-3/h4-9,16H,10-15H2,1-3H3. The van der Waals surface area contributed by atoms with Crippen molar-refractivity contribution in [3.8, 4) is 17.2 Å². The Morgan fingerprint density at radius 2 is 1.54 bits per heavy atom. The van der Waals surface area contributed by atoms with Crippen molar-refractivity contribution >= 4 is 5.91 Å². The Kier molecular flexibility index (Phi) is 6.76. The molecule has 0 N–H and O–H groups in total. The zero-order valence-electron chi connectivity index (χ0n) is 16.8. The van der Waals surface area contributed by atoms with E-state index < -0.39 is 0 Å². The summed E-state index contributed by atoms with van der Waals surface area (Å²) in [5.41, 5.74) is 1.92. The molecule has 1 aliphatic heterocycles. The summed E-state index contributed by atoms with van der Waals surface area (Å²) < 4.78 is 15.8. The van der Waals surface area contributed by atoms with E-state index in [2.05, 4.69) is 11.0 Å². The molecule has 0 bridgehead atoms. The first-order valence-corrected chi connectivity index (χ1v) is 9.51. The highest BCUT2D eigenvalue weighted by molar-refractivity contribution is 5.94. The Morgan fingerprint density at radius 1 is 0.857 bits per heavy atom. The number of carbonyl (C=O) groups excluding carboxylic acids is 1. The normalized spacial score (nSPS) is 14.6. The largest absolute Gasteiger partial charge is 0.497 e. The first-order chi connectivity index (χ1) is 13.6. The van der Waals surface area contributed by atoms with E-state index in [0.717, 1.165) is 56.4 Å². The Bertz CT molecular complexity index is 784. The maximum atomic E-state index is 12.7. The summed E-state index contributed by atoms with van der Waals surface area (Å²) in [6.07, 6.45) is 0.937. The van der Waals surface area contributed by atoms with Crippen LogP contribution in [0.25, 0.3) is 0 Å². The van der Waals surface area contributed by atoms with E-state index in [9.17, 15) is 4.79 Å². The van der Waals surface area contributed by atoms with Crippen LogP contribution in [0.2, 0.25) is 0 Å². The van der Waals surface area contributed by atoms with Gasteiger partial charge in [-0.05, 0) is 48.4 Å². The first kappa shape index (κ1) is 20.0. The van der Waals surface area contributed by atoms with Crippen molar-refractivity contribution in [1.29, 1.82) is 0 Å². The fourth-order valence-corrected chi connectivity index (χ4v) is 3.41. The van der Waals surface area contributed by atoms with Gasteiger partial charge in [0.1, 0.15) is 5.75 Å². The van der Waals surface area contributed by atoms with Crippen LogP contribution in [0.4, 0.5) is 0 Å². The first-order valence-electron chi connectivity index (χ1n) is 9.51. The smallest absolute Gasteiger partial charge is 0.253 e. The molecule has 6 heteroatoms. The zero-order valence-corrected chi connectivity index (χ0v) is 16.8. The predicted octanol–water partition coefficient (Wildman–Crippen LogP) is 2.71. The average molecular weight is 384 g/mol. The van der Waals surface area contributed by atoms with Gasteiger partial charge in [-0.2, -0.15) is 0 Å². The fourth-order valence-electron chi connectivity index (χ4n) is 3.41. The maximum absolute atomic E-state index is 12.7. The summed E-state index contributed by atoms with van der Waals surface area (Å²) in [6, 6.07) is 13.3. The molecule has 0 atom stereocenters. The molecule has 0 spiro atoms. The van der Waals surface area contributed by atoms with E-state index in [-0.39, 0.29) is 5.91 Å². The van der Waals surface area contributed by atoms with Gasteiger partial charge in [0.2, 0.25) is 0 Å². The predicted molar refractivity (Wildman–Crippen MR) is 109 cm³/mol. The lowest BCUT2D eigenvalue weighted by Gasteiger charge is -2.34. The number of amides is 1. The minimum absolute atomic E-state index is 0.0854. The molecule has 1 heterocycles. The van der Waals surface area contributed by atoms with E-state index >= 15 is 0 Å². The molecule has 2 aromatic rings. The number of carbonyl (C=O) groups is 1. The molecular formula is C22H28N2O4. The van der Waals surface area contributed by atoms with Crippen molar-refractivity contribution < 1.29 is 19.0 Å². The van der Waals surface area contributed by atoms with Crippen LogP contribution in [0.5, 0.6) is 17.2 Å². The third kappa shape index (κ3) is 4.75. The molecule has 1 amide bonds. The molecule has 1 fully saturated rings. The van der Waals surface area contributed by atoms with Crippen LogP contribution in [-0.4, -0.2) is 69.8 Å². The van der Waals surface area contributed by atoms with E-state index in [1.807, 2.05) is 41.3 Å². The van der Waals surface area contributed by atoms with E-state index in [4.69, 9.17) is 14.2 Å². The highest BCUT2D eigenvalue weighted by atomic mass is 16.5. The van der Waals surface area contributed by atoms with Crippen LogP contribution in [0.15, 0.2) is 42.5 Å². The van der Waals surface area contributed by atoms with Gasteiger partial charge in [-0.15, -0.1) is 0 Å². The van der Waals surface area contributed by atoms with Gasteiger partial charge < -0.3 is 19.1 Å². The second-order valence-corrected chi connectivity index (χ2v) is 6.80. The van der Waals surface area contributed by atoms with E-state index in [1.165, 1.54) is 5.56 Å². The Labute approximate surface area is 166 Å². The van der Waals surface area contributed by atoms with Crippen molar-refractivity contribution in [2.45, 2.75) is 6.42 Å². The second kappa shape index (κ2) is 9.46. The van der Waals surface area contributed by atoms with Crippen molar-refractivity contribution in [3.05, 3.63) is 53.6 Å². The van der Waals surface area contributed by atoms with Crippen LogP contribution in [0.3, 0.4) is 0 Å². The number of hydrogen-bond acceptors (Lipinski definition) is 5. The highest BCUT2D eigenvalue weighted by Crippen LogP contribution is 2.27. The fraction of sp³-hybridized carbons (Fsp3) is 0.409. The summed E-state index contributed by atoms with van der Waals surface area (Å²) >= 11 is 0. The molecular weight excluding hydrogens is 356 g/mol. The molecule has 1 saturated heterocycles. The second-order valence-electron chi connectivity index (χ2n) is 6.80. The summed E-state index contributed by atoms with van der Waals surface area (Å²) in [6.45, 7) is 4.22. The number of methoxy groups -OCH3 is 3. The van der Waals surface area contributed by atoms with E-state index in [0.29, 0.717) is 5.56 Å². The zero-order chi connectivity index (χ0) is 19.9. The molecule has 0 radical (unpaired) electrons. The van der Waals surface area contributed by atoms with Crippen molar-refractivity contribution in [1.82, 2.24) is 9.80 Å². The number of hydrogen-bond donors (Lipinski definition) is 0. The van der Waals surface area contributed by atoms with Crippen molar-refractivity contribution in [3.63, 3.8) is 0 Å². The van der Waals surface area contributed by atoms with Crippen molar-refractivity contribution in [2.24, 2.45) is 0 Å². The van der Waals surface area contributed by atoms with Gasteiger partial charge in [0.05, 0.1) is 21.3 Å². The van der Waals surface area contributed by atoms with Gasteiger partial charge in [0.15, 0.2) is 11.5 Å². The molecule has 0 aliphatic carbocycles. The molecule has 3 rings (SSSR count). The molecule has 6 nitrogen and oxygen atoms in total. The summed E-state index contributed by atoms with van der Waals surface area (Å²) in [7, 11) is 4.92. The lowest BCUT2D eigenvalue weighted by atomic mass is 10.1. The topological polar surface area (TPSA) is 51.2 Å². The SMILES string of the molecule is COc1ccc(C(=O)N2CCN(CCc3ccc(OC)c(OC)c3)CC2)cc1. The van der Waals surface area contributed by atoms with Gasteiger partial charge >= 0.3 is 0 Å². The molecule has 0 saturated carbocycles. The number of rotatable bonds is 7. The Balaban J connectivity index is 1.49. The average Bonchev–Trinajstić information content (AvgIpc) is 2.77. The molecule has 1 aliphatic rings. The Hall–Kier alpha value is -2.73. The minimum Gasteiger partial charge on any atom is -0.497 e. The van der Waals surface area contributed by atoms with Crippen molar-refractivity contribution in [2.75, 3.05) is 54.1 Å². The van der Waals surface area contributed by atoms with Gasteiger partial charge in [-0.25, -0.2) is 0 Å². The van der Waals surface area contributed by atoms with Gasteiger partial charge in [-0.3, -0.25) is 9.69 Å². The van der Waals surface area contributed by atoms with Gasteiger partial charge in [0, 0.05) is 38.3 Å². The molecule has 0 unspecified atom stereocenters. The van der Waals surface area contributed by atoms with E-state index in [1.54, 1.807) is 21.3 Å². The Morgan fingerprint density at radius 3 is 2.14 bits per heavy atom. The quantitative estimate of drug-likeness (QED) is 0.735. The van der Waals surface area contributed by atoms with Crippen LogP contribution in [0, 0.1) is 0 Å².